The van der Waals surface area contributed by atoms with Crippen LogP contribution in [0.2, 0.25) is 0 Å². The molecule has 0 radical (unpaired) electrons. The summed E-state index contributed by atoms with van der Waals surface area (Å²) < 4.78 is 4.02. The van der Waals surface area contributed by atoms with Crippen molar-refractivity contribution in [3.63, 3.8) is 0 Å². The van der Waals surface area contributed by atoms with E-state index in [9.17, 15) is 0 Å². The molecule has 0 saturated carbocycles. The van der Waals surface area contributed by atoms with E-state index in [1.54, 1.807) is 23.5 Å². The van der Waals surface area contributed by atoms with Gasteiger partial charge in [-0.25, -0.2) is 9.97 Å². The molecule has 0 fully saturated rings. The normalized spacial score (nSPS) is 11.7. The second kappa shape index (κ2) is 7.43. The van der Waals surface area contributed by atoms with Crippen LogP contribution in [-0.4, -0.2) is 50.7 Å². The minimum atomic E-state index is 0.664. The number of nitrogens with zero attached hydrogens (tertiary/aromatic N) is 8. The molecule has 0 saturated heterocycles. The Morgan fingerprint density at radius 2 is 1.15 bits per heavy atom. The summed E-state index contributed by atoms with van der Waals surface area (Å²) >= 11 is 3.41. The minimum Gasteiger partial charge on any atom is -0.259 e. The lowest BCUT2D eigenvalue weighted by molar-refractivity contribution is 0.880. The van der Waals surface area contributed by atoms with Crippen molar-refractivity contribution in [2.45, 2.75) is 44.4 Å². The second-order valence-corrected chi connectivity index (χ2v) is 8.49. The van der Waals surface area contributed by atoms with Gasteiger partial charge in [-0.2, -0.15) is 0 Å². The lowest BCUT2D eigenvalue weighted by Crippen LogP contribution is -1.99. The molecule has 0 unspecified atom stereocenters. The van der Waals surface area contributed by atoms with Gasteiger partial charge in [0.1, 0.15) is 0 Å². The predicted octanol–water partition coefficient (Wildman–Crippen LogP) is 3.07. The third-order valence-electron chi connectivity index (χ3n) is 4.08. The van der Waals surface area contributed by atoms with Crippen molar-refractivity contribution in [1.29, 1.82) is 0 Å². The molecule has 0 aliphatic rings. The highest BCUT2D eigenvalue weighted by atomic mass is 32.2. The van der Waals surface area contributed by atoms with Crippen LogP contribution in [-0.2, 0) is 0 Å². The molecule has 0 atom stereocenters. The van der Waals surface area contributed by atoms with Crippen molar-refractivity contribution in [3.05, 3.63) is 34.9 Å². The average Bonchev–Trinajstić information content (AvgIpc) is 3.19. The first-order valence-corrected chi connectivity index (χ1v) is 10.6. The molecule has 4 aromatic rings. The van der Waals surface area contributed by atoms with Gasteiger partial charge in [0, 0.05) is 34.3 Å². The van der Waals surface area contributed by atoms with Crippen LogP contribution in [0.3, 0.4) is 0 Å². The Hall–Kier alpha value is -2.20. The summed E-state index contributed by atoms with van der Waals surface area (Å²) in [5.74, 6) is 3.23. The number of rotatable bonds is 6. The first-order chi connectivity index (χ1) is 13.0. The number of aromatic nitrogens is 8. The van der Waals surface area contributed by atoms with Gasteiger partial charge in [0.2, 0.25) is 0 Å². The largest absolute Gasteiger partial charge is 0.259 e. The summed E-state index contributed by atoms with van der Waals surface area (Å²) in [6.07, 6.45) is 1.02. The van der Waals surface area contributed by atoms with E-state index in [-0.39, 0.29) is 0 Å². The molecule has 4 aromatic heterocycles. The van der Waals surface area contributed by atoms with Crippen LogP contribution in [0.5, 0.6) is 0 Å². The van der Waals surface area contributed by atoms with Crippen LogP contribution in [0.25, 0.3) is 11.6 Å². The van der Waals surface area contributed by atoms with Crippen LogP contribution >= 0.6 is 23.5 Å². The maximum Gasteiger partial charge on any atom is 0.256 e. The quantitative estimate of drug-likeness (QED) is 0.360. The zero-order chi connectivity index (χ0) is 19.0. The van der Waals surface area contributed by atoms with Gasteiger partial charge in [-0.15, -0.1) is 20.4 Å². The van der Waals surface area contributed by atoms with Crippen molar-refractivity contribution in [2.24, 2.45) is 0 Å². The Kier molecular flexibility index (Phi) is 5.00. The monoisotopic (exact) mass is 400 g/mol. The lowest BCUT2D eigenvalue weighted by atomic mass is 10.3. The number of fused-ring (bicyclic) bond motifs is 2. The SMILES string of the molecule is Cc1cc(C)n2c(SCCCSc3nnc4nc(C)cc(C)n34)nnc2n1. The van der Waals surface area contributed by atoms with Gasteiger partial charge in [0.25, 0.3) is 11.6 Å². The van der Waals surface area contributed by atoms with Gasteiger partial charge >= 0.3 is 0 Å². The van der Waals surface area contributed by atoms with Crippen molar-refractivity contribution in [2.75, 3.05) is 11.5 Å². The number of hydrogen-bond donors (Lipinski definition) is 0. The molecular weight excluding hydrogens is 380 g/mol. The summed E-state index contributed by atoms with van der Waals surface area (Å²) in [7, 11) is 0. The highest BCUT2D eigenvalue weighted by molar-refractivity contribution is 8.00. The molecule has 0 spiro atoms. The average molecular weight is 401 g/mol. The molecule has 10 heteroatoms. The van der Waals surface area contributed by atoms with E-state index in [4.69, 9.17) is 0 Å². The Balaban J connectivity index is 1.36. The fraction of sp³-hybridized carbons (Fsp3) is 0.412. The molecule has 140 valence electrons. The van der Waals surface area contributed by atoms with E-state index in [2.05, 4.69) is 44.2 Å². The summed E-state index contributed by atoms with van der Waals surface area (Å²) in [6.45, 7) is 8.05. The van der Waals surface area contributed by atoms with E-state index < -0.39 is 0 Å². The molecule has 0 N–H and O–H groups in total. The molecule has 0 amide bonds. The zero-order valence-corrected chi connectivity index (χ0v) is 17.3. The van der Waals surface area contributed by atoms with E-state index in [1.165, 1.54) is 0 Å². The van der Waals surface area contributed by atoms with E-state index in [1.807, 2.05) is 34.8 Å². The van der Waals surface area contributed by atoms with Gasteiger partial charge < -0.3 is 0 Å². The van der Waals surface area contributed by atoms with Crippen molar-refractivity contribution in [1.82, 2.24) is 39.2 Å². The number of aryl methyl sites for hydroxylation is 4. The molecule has 0 aliphatic carbocycles. The molecule has 8 nitrogen and oxygen atoms in total. The van der Waals surface area contributed by atoms with E-state index >= 15 is 0 Å². The molecule has 0 bridgehead atoms. The van der Waals surface area contributed by atoms with Crippen LogP contribution < -0.4 is 0 Å². The molecular formula is C17H20N8S2. The Morgan fingerprint density at radius 3 is 1.59 bits per heavy atom. The third kappa shape index (κ3) is 3.63. The highest BCUT2D eigenvalue weighted by Crippen LogP contribution is 2.23. The van der Waals surface area contributed by atoms with E-state index in [0.29, 0.717) is 11.6 Å². The van der Waals surface area contributed by atoms with Crippen molar-refractivity contribution < 1.29 is 0 Å². The summed E-state index contributed by atoms with van der Waals surface area (Å²) in [6, 6.07) is 4.09. The maximum atomic E-state index is 4.43. The van der Waals surface area contributed by atoms with Crippen LogP contribution in [0.1, 0.15) is 29.2 Å². The second-order valence-electron chi connectivity index (χ2n) is 6.36. The van der Waals surface area contributed by atoms with E-state index in [0.717, 1.165) is 51.0 Å². The van der Waals surface area contributed by atoms with Gasteiger partial charge in [0.05, 0.1) is 0 Å². The zero-order valence-electron chi connectivity index (χ0n) is 15.7. The van der Waals surface area contributed by atoms with Crippen molar-refractivity contribution in [3.8, 4) is 0 Å². The molecule has 0 aliphatic heterocycles. The summed E-state index contributed by atoms with van der Waals surface area (Å²) in [4.78, 5) is 8.85. The number of hydrogen-bond acceptors (Lipinski definition) is 8. The maximum absolute atomic E-state index is 4.43. The van der Waals surface area contributed by atoms with Gasteiger partial charge in [0.15, 0.2) is 10.3 Å². The fourth-order valence-corrected chi connectivity index (χ4v) is 5.01. The van der Waals surface area contributed by atoms with Crippen LogP contribution in [0, 0.1) is 27.7 Å². The smallest absolute Gasteiger partial charge is 0.256 e. The summed E-state index contributed by atoms with van der Waals surface area (Å²) in [5.41, 5.74) is 4.13. The highest BCUT2D eigenvalue weighted by Gasteiger charge is 2.12. The standard InChI is InChI=1S/C17H20N8S2/c1-10-8-12(3)24-14(18-10)20-22-16(24)26-6-5-7-27-17-23-21-15-19-11(2)9-13(4)25(15)17/h8-9H,5-7H2,1-4H3. The minimum absolute atomic E-state index is 0.664. The Labute approximate surface area is 165 Å². The lowest BCUT2D eigenvalue weighted by Gasteiger charge is -2.05. The third-order valence-corrected chi connectivity index (χ3v) is 6.11. The Morgan fingerprint density at radius 1 is 0.704 bits per heavy atom. The first kappa shape index (κ1) is 18.2. The first-order valence-electron chi connectivity index (χ1n) is 8.67. The van der Waals surface area contributed by atoms with Gasteiger partial charge in [-0.05, 0) is 46.2 Å². The summed E-state index contributed by atoms with van der Waals surface area (Å²) in [5, 5.41) is 18.7. The fourth-order valence-electron chi connectivity index (χ4n) is 2.97. The predicted molar refractivity (Wildman–Crippen MR) is 107 cm³/mol. The Bertz CT molecular complexity index is 1030. The molecule has 0 aromatic carbocycles. The van der Waals surface area contributed by atoms with Gasteiger partial charge in [-0.3, -0.25) is 8.80 Å². The van der Waals surface area contributed by atoms with Gasteiger partial charge in [-0.1, -0.05) is 23.5 Å². The molecule has 4 heterocycles. The van der Waals surface area contributed by atoms with Crippen molar-refractivity contribution >= 4 is 35.1 Å². The van der Waals surface area contributed by atoms with Crippen LogP contribution in [0.4, 0.5) is 0 Å². The van der Waals surface area contributed by atoms with Crippen LogP contribution in [0.15, 0.2) is 22.4 Å². The molecule has 4 rings (SSSR count). The molecule has 27 heavy (non-hydrogen) atoms. The number of thioether (sulfide) groups is 2. The topological polar surface area (TPSA) is 86.2 Å².